The minimum atomic E-state index is -0.637. The zero-order chi connectivity index (χ0) is 23.5. The molecule has 1 spiro atoms. The third-order valence-corrected chi connectivity index (χ3v) is 10.2. The van der Waals surface area contributed by atoms with Crippen LogP contribution < -0.4 is 10.1 Å². The lowest BCUT2D eigenvalue weighted by Gasteiger charge is -2.66. The van der Waals surface area contributed by atoms with Gasteiger partial charge in [0.25, 0.3) is 5.91 Å². The van der Waals surface area contributed by atoms with E-state index in [0.29, 0.717) is 29.7 Å². The summed E-state index contributed by atoms with van der Waals surface area (Å²) in [5.74, 6) is 2.47. The van der Waals surface area contributed by atoms with Crippen molar-refractivity contribution >= 4 is 17.7 Å². The largest absolute Gasteiger partial charge is 0.487 e. The second-order valence-electron chi connectivity index (χ2n) is 11.6. The summed E-state index contributed by atoms with van der Waals surface area (Å²) in [5.41, 5.74) is 2.89. The van der Waals surface area contributed by atoms with E-state index in [1.54, 1.807) is 17.0 Å². The normalized spacial score (nSPS) is 38.1. The van der Waals surface area contributed by atoms with Crippen LogP contribution in [-0.4, -0.2) is 43.7 Å². The highest BCUT2D eigenvalue weighted by molar-refractivity contribution is 6.05. The molecule has 5 fully saturated rings. The number of hydrogen-bond acceptors (Lipinski definition) is 6. The molecule has 9 heteroatoms. The molecule has 2 aliphatic heterocycles. The summed E-state index contributed by atoms with van der Waals surface area (Å²) in [7, 11) is 0. The third kappa shape index (κ3) is 2.46. The lowest BCUT2D eigenvalue weighted by molar-refractivity contribution is -0.176. The number of fused-ring (bicyclic) bond motifs is 2. The number of carbonyl (C=O) groups is 3. The number of aromatic nitrogens is 3. The van der Waals surface area contributed by atoms with Crippen molar-refractivity contribution in [1.82, 2.24) is 25.2 Å². The van der Waals surface area contributed by atoms with Crippen LogP contribution in [0.2, 0.25) is 0 Å². The molecule has 0 radical (unpaired) electrons. The minimum Gasteiger partial charge on any atom is -0.487 e. The summed E-state index contributed by atoms with van der Waals surface area (Å²) in [6.07, 6.45) is 9.23. The summed E-state index contributed by atoms with van der Waals surface area (Å²) in [6.45, 7) is 0.568. The maximum atomic E-state index is 13.0. The maximum absolute atomic E-state index is 13.0. The van der Waals surface area contributed by atoms with Crippen molar-refractivity contribution in [2.24, 2.45) is 23.2 Å². The van der Waals surface area contributed by atoms with E-state index in [1.165, 1.54) is 32.1 Å². The monoisotopic (exact) mass is 473 g/mol. The number of nitrogens with zero attached hydrogens (tertiary/aromatic N) is 4. The Bertz CT molecular complexity index is 1300. The molecule has 4 saturated carbocycles. The summed E-state index contributed by atoms with van der Waals surface area (Å²) in [5, 5.41) is 11.3. The first-order valence-corrected chi connectivity index (χ1v) is 12.8. The van der Waals surface area contributed by atoms with Crippen LogP contribution in [0.1, 0.15) is 66.6 Å². The van der Waals surface area contributed by atoms with Crippen LogP contribution >= 0.6 is 0 Å². The van der Waals surface area contributed by atoms with Gasteiger partial charge in [0.1, 0.15) is 24.1 Å². The molecular formula is C26H27N5O4. The number of nitrogens with one attached hydrogen (secondary N) is 1. The molecule has 35 heavy (non-hydrogen) atoms. The van der Waals surface area contributed by atoms with E-state index < -0.39 is 11.9 Å². The van der Waals surface area contributed by atoms with Gasteiger partial charge in [0, 0.05) is 17.5 Å². The molecule has 9 nitrogen and oxygen atoms in total. The van der Waals surface area contributed by atoms with E-state index in [4.69, 9.17) is 4.74 Å². The molecule has 3 amide bonds. The van der Waals surface area contributed by atoms with Crippen LogP contribution in [0.25, 0.3) is 0 Å². The fourth-order valence-electron chi connectivity index (χ4n) is 8.74. The van der Waals surface area contributed by atoms with Gasteiger partial charge >= 0.3 is 0 Å². The van der Waals surface area contributed by atoms with Crippen molar-refractivity contribution < 1.29 is 19.1 Å². The molecule has 3 unspecified atom stereocenters. The predicted molar refractivity (Wildman–Crippen MR) is 121 cm³/mol. The van der Waals surface area contributed by atoms with Crippen LogP contribution in [0.5, 0.6) is 5.75 Å². The zero-order valence-electron chi connectivity index (χ0n) is 19.4. The number of carbonyl (C=O) groups excluding carboxylic acids is 3. The summed E-state index contributed by atoms with van der Waals surface area (Å²) in [4.78, 5) is 38.4. The first-order chi connectivity index (χ1) is 17.0. The Balaban J connectivity index is 0.993. The highest BCUT2D eigenvalue weighted by Gasteiger charge is 2.78. The number of amides is 3. The first-order valence-electron chi connectivity index (χ1n) is 12.8. The highest BCUT2D eigenvalue weighted by Crippen LogP contribution is 2.83. The fourth-order valence-corrected chi connectivity index (χ4v) is 8.74. The van der Waals surface area contributed by atoms with Crippen molar-refractivity contribution in [2.45, 2.75) is 69.7 Å². The van der Waals surface area contributed by atoms with Crippen molar-refractivity contribution in [2.75, 3.05) is 0 Å². The number of rotatable bonds is 5. The van der Waals surface area contributed by atoms with E-state index in [1.807, 2.05) is 6.07 Å². The van der Waals surface area contributed by atoms with E-state index >= 15 is 0 Å². The average molecular weight is 474 g/mol. The first kappa shape index (κ1) is 20.0. The van der Waals surface area contributed by atoms with Gasteiger partial charge in [-0.1, -0.05) is 11.3 Å². The Labute approximate surface area is 202 Å². The number of ether oxygens (including phenoxy) is 1. The van der Waals surface area contributed by atoms with Gasteiger partial charge in [0.2, 0.25) is 11.8 Å². The van der Waals surface area contributed by atoms with Crippen LogP contribution in [-0.2, 0) is 28.3 Å². The van der Waals surface area contributed by atoms with Crippen molar-refractivity contribution in [3.8, 4) is 5.75 Å². The molecule has 1 N–H and O–H groups in total. The molecule has 4 aliphatic carbocycles. The number of hydrogen-bond donors (Lipinski definition) is 1. The highest BCUT2D eigenvalue weighted by atomic mass is 16.5. The quantitative estimate of drug-likeness (QED) is 0.667. The molecule has 8 rings (SSSR count). The molecule has 6 aliphatic rings. The Morgan fingerprint density at radius 1 is 1.11 bits per heavy atom. The molecule has 1 aromatic carbocycles. The summed E-state index contributed by atoms with van der Waals surface area (Å²) in [6, 6.07) is 4.78. The van der Waals surface area contributed by atoms with Gasteiger partial charge in [-0.05, 0) is 73.8 Å². The van der Waals surface area contributed by atoms with Crippen LogP contribution in [0.3, 0.4) is 0 Å². The SMILES string of the molecule is O=C1CCC(N2Cc3c(OCc4cn(C56CC7CC8CC(C5)C87C6)nn4)cccc3C2=O)C(=O)N1. The Kier molecular flexibility index (Phi) is 3.72. The van der Waals surface area contributed by atoms with E-state index in [2.05, 4.69) is 26.5 Å². The van der Waals surface area contributed by atoms with Crippen molar-refractivity contribution in [1.29, 1.82) is 0 Å². The topological polar surface area (TPSA) is 106 Å². The van der Waals surface area contributed by atoms with E-state index in [0.717, 1.165) is 29.0 Å². The Morgan fingerprint density at radius 2 is 1.94 bits per heavy atom. The van der Waals surface area contributed by atoms with E-state index in [9.17, 15) is 14.4 Å². The van der Waals surface area contributed by atoms with Gasteiger partial charge in [0.05, 0.1) is 18.3 Å². The average Bonchev–Trinajstić information content (AvgIpc) is 3.56. The molecule has 2 bridgehead atoms. The van der Waals surface area contributed by atoms with Gasteiger partial charge in [-0.15, -0.1) is 5.10 Å². The van der Waals surface area contributed by atoms with Gasteiger partial charge in [-0.2, -0.15) is 0 Å². The molecule has 2 aromatic rings. The standard InChI is InChI=1S/C26H27N5O4/c32-22-5-4-20(23(33)27-22)30-11-19-18(24(30)34)2-1-3-21(19)35-12-17-10-31(29-28-17)25-8-15-6-14-7-16(9-25)26(14,15)13-25/h1-3,10,14-16,20H,4-9,11-13H2,(H,27,32,33). The van der Waals surface area contributed by atoms with E-state index in [-0.39, 0.29) is 30.4 Å². The Morgan fingerprint density at radius 3 is 2.69 bits per heavy atom. The van der Waals surface area contributed by atoms with Crippen LogP contribution in [0.4, 0.5) is 0 Å². The van der Waals surface area contributed by atoms with Gasteiger partial charge < -0.3 is 9.64 Å². The zero-order valence-corrected chi connectivity index (χ0v) is 19.4. The molecule has 1 aromatic heterocycles. The fraction of sp³-hybridized carbons (Fsp3) is 0.577. The smallest absolute Gasteiger partial charge is 0.255 e. The second kappa shape index (κ2) is 6.50. The lowest BCUT2D eigenvalue weighted by Crippen LogP contribution is -2.59. The molecule has 3 atom stereocenters. The third-order valence-electron chi connectivity index (χ3n) is 10.2. The second-order valence-corrected chi connectivity index (χ2v) is 11.6. The molecule has 180 valence electrons. The molecule has 3 heterocycles. The van der Waals surface area contributed by atoms with Gasteiger partial charge in [-0.3, -0.25) is 19.7 Å². The summed E-state index contributed by atoms with van der Waals surface area (Å²) >= 11 is 0. The van der Waals surface area contributed by atoms with Gasteiger partial charge in [-0.25, -0.2) is 4.68 Å². The summed E-state index contributed by atoms with van der Waals surface area (Å²) < 4.78 is 8.29. The number of piperidine rings is 1. The predicted octanol–water partition coefficient (Wildman–Crippen LogP) is 2.15. The van der Waals surface area contributed by atoms with Crippen molar-refractivity contribution in [3.05, 3.63) is 41.2 Å². The van der Waals surface area contributed by atoms with Crippen LogP contribution in [0, 0.1) is 23.2 Å². The molecular weight excluding hydrogens is 446 g/mol. The lowest BCUT2D eigenvalue weighted by atomic mass is 9.38. The van der Waals surface area contributed by atoms with Gasteiger partial charge in [0.15, 0.2) is 0 Å². The van der Waals surface area contributed by atoms with Crippen LogP contribution in [0.15, 0.2) is 24.4 Å². The minimum absolute atomic E-state index is 0.148. The number of imide groups is 1. The van der Waals surface area contributed by atoms with Crippen molar-refractivity contribution in [3.63, 3.8) is 0 Å². The molecule has 1 saturated heterocycles. The Hall–Kier alpha value is -3.23. The number of benzene rings is 1. The maximum Gasteiger partial charge on any atom is 0.255 e.